The van der Waals surface area contributed by atoms with Crippen molar-refractivity contribution >= 4 is 11.8 Å². The Balaban J connectivity index is 1.41. The van der Waals surface area contributed by atoms with Gasteiger partial charge in [-0.2, -0.15) is 0 Å². The van der Waals surface area contributed by atoms with Gasteiger partial charge in [-0.25, -0.2) is 0 Å². The summed E-state index contributed by atoms with van der Waals surface area (Å²) in [6.45, 7) is 9.33. The number of likely N-dealkylation sites (tertiary alicyclic amines) is 1. The first-order valence-electron chi connectivity index (χ1n) is 12.4. The smallest absolute Gasteiger partial charge is 0.219 e. The van der Waals surface area contributed by atoms with Crippen LogP contribution in [-0.2, 0) is 9.59 Å². The Labute approximate surface area is 182 Å². The van der Waals surface area contributed by atoms with Gasteiger partial charge in [0.1, 0.15) is 0 Å². The van der Waals surface area contributed by atoms with Crippen LogP contribution in [-0.4, -0.2) is 47.3 Å². The molecule has 4 aliphatic carbocycles. The molecule has 8 atom stereocenters. The molecule has 4 heteroatoms. The molecule has 0 aromatic rings. The van der Waals surface area contributed by atoms with E-state index in [9.17, 15) is 9.59 Å². The van der Waals surface area contributed by atoms with Crippen molar-refractivity contribution in [3.63, 3.8) is 0 Å². The zero-order valence-corrected chi connectivity index (χ0v) is 19.6. The van der Waals surface area contributed by atoms with Crippen molar-refractivity contribution in [3.05, 3.63) is 11.6 Å². The zero-order chi connectivity index (χ0) is 21.4. The first kappa shape index (κ1) is 20.6. The summed E-state index contributed by atoms with van der Waals surface area (Å²) in [7, 11) is 1.98. The summed E-state index contributed by atoms with van der Waals surface area (Å²) < 4.78 is 0. The molecular weight excluding hydrogens is 372 g/mol. The first-order chi connectivity index (χ1) is 14.2. The van der Waals surface area contributed by atoms with E-state index in [2.05, 4.69) is 24.8 Å². The van der Waals surface area contributed by atoms with Crippen LogP contribution in [0.2, 0.25) is 0 Å². The molecule has 4 nitrogen and oxygen atoms in total. The Morgan fingerprint density at radius 3 is 2.50 bits per heavy atom. The predicted molar refractivity (Wildman–Crippen MR) is 119 cm³/mol. The van der Waals surface area contributed by atoms with E-state index in [1.807, 2.05) is 11.9 Å². The lowest BCUT2D eigenvalue weighted by Gasteiger charge is -2.58. The van der Waals surface area contributed by atoms with Gasteiger partial charge in [-0.1, -0.05) is 18.6 Å². The zero-order valence-electron chi connectivity index (χ0n) is 19.6. The van der Waals surface area contributed by atoms with Crippen molar-refractivity contribution in [2.75, 3.05) is 13.6 Å². The van der Waals surface area contributed by atoms with Crippen LogP contribution < -0.4 is 0 Å². The molecule has 4 fully saturated rings. The van der Waals surface area contributed by atoms with Gasteiger partial charge in [0.05, 0.1) is 0 Å². The van der Waals surface area contributed by atoms with Gasteiger partial charge in [-0.3, -0.25) is 9.59 Å². The third-order valence-corrected chi connectivity index (χ3v) is 10.8. The van der Waals surface area contributed by atoms with Gasteiger partial charge in [-0.05, 0) is 92.8 Å². The Kier molecular flexibility index (Phi) is 4.69. The molecule has 1 saturated heterocycles. The van der Waals surface area contributed by atoms with Gasteiger partial charge in [-0.15, -0.1) is 0 Å². The van der Waals surface area contributed by atoms with Crippen molar-refractivity contribution in [2.45, 2.75) is 91.1 Å². The minimum atomic E-state index is 0.194. The second-order valence-electron chi connectivity index (χ2n) is 11.6. The molecule has 1 spiro atoms. The minimum absolute atomic E-state index is 0.194. The Hall–Kier alpha value is -1.32. The molecule has 5 aliphatic rings. The SMILES string of the molecule is CC(=O)N(C)[C@H]1CC[C@@]2(C)C(=CC[C@H]3[C@@H]4CC[C@@H]5[C@H](C)N(C(C)=O)C[C@@]54CC[C@@H]32)C1. The number of allylic oxidation sites excluding steroid dienone is 1. The van der Waals surface area contributed by atoms with Crippen LogP contribution in [0.5, 0.6) is 0 Å². The van der Waals surface area contributed by atoms with Gasteiger partial charge >= 0.3 is 0 Å². The summed E-state index contributed by atoms with van der Waals surface area (Å²) >= 11 is 0. The maximum Gasteiger partial charge on any atom is 0.219 e. The van der Waals surface area contributed by atoms with Gasteiger partial charge in [0, 0.05) is 39.5 Å². The fraction of sp³-hybridized carbons (Fsp3) is 0.846. The molecule has 0 aromatic heterocycles. The average Bonchev–Trinajstić information content (AvgIpc) is 3.21. The quantitative estimate of drug-likeness (QED) is 0.589. The number of amides is 2. The van der Waals surface area contributed by atoms with Crippen molar-refractivity contribution in [1.82, 2.24) is 9.80 Å². The van der Waals surface area contributed by atoms with Crippen LogP contribution in [0, 0.1) is 34.5 Å². The Bertz CT molecular complexity index is 790. The van der Waals surface area contributed by atoms with Crippen LogP contribution in [0.1, 0.15) is 79.1 Å². The normalized spacial score (nSPS) is 47.0. The molecule has 166 valence electrons. The van der Waals surface area contributed by atoms with E-state index >= 15 is 0 Å². The molecular formula is C26H40N2O2. The largest absolute Gasteiger partial charge is 0.343 e. The van der Waals surface area contributed by atoms with Crippen LogP contribution >= 0.6 is 0 Å². The van der Waals surface area contributed by atoms with E-state index in [1.54, 1.807) is 19.4 Å². The predicted octanol–water partition coefficient (Wildman–Crippen LogP) is 4.64. The maximum atomic E-state index is 12.3. The highest BCUT2D eigenvalue weighted by molar-refractivity contribution is 5.74. The van der Waals surface area contributed by atoms with Gasteiger partial charge < -0.3 is 9.80 Å². The molecule has 3 saturated carbocycles. The summed E-state index contributed by atoms with van der Waals surface area (Å²) in [6.07, 6.45) is 12.6. The van der Waals surface area contributed by atoms with Gasteiger partial charge in [0.15, 0.2) is 0 Å². The second kappa shape index (κ2) is 6.84. The van der Waals surface area contributed by atoms with Crippen molar-refractivity contribution in [3.8, 4) is 0 Å². The number of hydrogen-bond acceptors (Lipinski definition) is 2. The molecule has 0 bridgehead atoms. The van der Waals surface area contributed by atoms with Crippen LogP contribution in [0.3, 0.4) is 0 Å². The maximum absolute atomic E-state index is 12.3. The average molecular weight is 413 g/mol. The molecule has 1 heterocycles. The summed E-state index contributed by atoms with van der Waals surface area (Å²) in [5.74, 6) is 3.55. The third kappa shape index (κ3) is 2.64. The van der Waals surface area contributed by atoms with Crippen LogP contribution in [0.25, 0.3) is 0 Å². The van der Waals surface area contributed by atoms with Crippen molar-refractivity contribution < 1.29 is 9.59 Å². The van der Waals surface area contributed by atoms with E-state index in [-0.39, 0.29) is 11.8 Å². The molecule has 0 radical (unpaired) electrons. The van der Waals surface area contributed by atoms with Crippen molar-refractivity contribution in [1.29, 1.82) is 0 Å². The van der Waals surface area contributed by atoms with E-state index in [1.165, 1.54) is 38.5 Å². The van der Waals surface area contributed by atoms with E-state index in [0.29, 0.717) is 28.8 Å². The Morgan fingerprint density at radius 2 is 1.80 bits per heavy atom. The number of carbonyl (C=O) groups is 2. The molecule has 30 heavy (non-hydrogen) atoms. The lowest BCUT2D eigenvalue weighted by atomic mass is 9.47. The highest BCUT2D eigenvalue weighted by atomic mass is 16.2. The van der Waals surface area contributed by atoms with E-state index in [0.717, 1.165) is 37.1 Å². The van der Waals surface area contributed by atoms with Gasteiger partial charge in [0.2, 0.25) is 11.8 Å². The topological polar surface area (TPSA) is 40.6 Å². The number of carbonyl (C=O) groups excluding carboxylic acids is 2. The van der Waals surface area contributed by atoms with Gasteiger partial charge in [0.25, 0.3) is 0 Å². The monoisotopic (exact) mass is 412 g/mol. The highest BCUT2D eigenvalue weighted by Gasteiger charge is 2.64. The van der Waals surface area contributed by atoms with Crippen LogP contribution in [0.4, 0.5) is 0 Å². The fourth-order valence-electron chi connectivity index (χ4n) is 9.19. The van der Waals surface area contributed by atoms with Crippen molar-refractivity contribution in [2.24, 2.45) is 34.5 Å². The second-order valence-corrected chi connectivity index (χ2v) is 11.6. The Morgan fingerprint density at radius 1 is 1.07 bits per heavy atom. The molecule has 5 rings (SSSR count). The summed E-state index contributed by atoms with van der Waals surface area (Å²) in [5.41, 5.74) is 2.35. The van der Waals surface area contributed by atoms with E-state index < -0.39 is 0 Å². The lowest BCUT2D eigenvalue weighted by Crippen LogP contribution is -2.53. The standard InChI is InChI=1S/C26H40N2O2/c1-16-22-8-9-24-21-7-6-19-14-20(27(5)17(2)29)10-12-25(19,4)23(21)11-13-26(22,24)15-28(16)18(3)30/h6,16,20-24H,7-15H2,1-5H3/t16-,20-,21+,22+,23-,24-,25-,26-/m0/s1. The summed E-state index contributed by atoms with van der Waals surface area (Å²) in [4.78, 5) is 28.4. The summed E-state index contributed by atoms with van der Waals surface area (Å²) in [5, 5.41) is 0. The van der Waals surface area contributed by atoms with Crippen LogP contribution in [0.15, 0.2) is 11.6 Å². The molecule has 1 aliphatic heterocycles. The molecule has 2 amide bonds. The van der Waals surface area contributed by atoms with E-state index in [4.69, 9.17) is 0 Å². The molecule has 0 unspecified atom stereocenters. The fourth-order valence-corrected chi connectivity index (χ4v) is 9.19. The number of hydrogen-bond donors (Lipinski definition) is 0. The number of nitrogens with zero attached hydrogens (tertiary/aromatic N) is 2. The summed E-state index contributed by atoms with van der Waals surface area (Å²) in [6, 6.07) is 0.802. The number of rotatable bonds is 1. The first-order valence-corrected chi connectivity index (χ1v) is 12.4. The number of fused-ring (bicyclic) bond motifs is 4. The lowest BCUT2D eigenvalue weighted by molar-refractivity contribution is -0.130. The minimum Gasteiger partial charge on any atom is -0.343 e. The molecule has 0 N–H and O–H groups in total. The highest BCUT2D eigenvalue weighted by Crippen LogP contribution is 2.68. The third-order valence-electron chi connectivity index (χ3n) is 10.8. The molecule has 0 aromatic carbocycles.